The van der Waals surface area contributed by atoms with Crippen molar-refractivity contribution in [3.05, 3.63) is 48.0 Å². The highest BCUT2D eigenvalue weighted by Crippen LogP contribution is 2.34. The molecule has 8 nitrogen and oxygen atoms in total. The van der Waals surface area contributed by atoms with E-state index in [-0.39, 0.29) is 17.3 Å². The van der Waals surface area contributed by atoms with Crippen molar-refractivity contribution in [3.8, 4) is 17.2 Å². The van der Waals surface area contributed by atoms with Crippen LogP contribution in [0, 0.1) is 12.7 Å². The molecule has 1 aliphatic heterocycles. The van der Waals surface area contributed by atoms with E-state index in [9.17, 15) is 9.18 Å². The largest absolute Gasteiger partial charge is 0.486 e. The van der Waals surface area contributed by atoms with Gasteiger partial charge >= 0.3 is 0 Å². The molecular formula is C18H16FN5O3S. The van der Waals surface area contributed by atoms with Crippen molar-refractivity contribution in [1.82, 2.24) is 20.2 Å². The lowest BCUT2D eigenvalue weighted by atomic mass is 10.2. The molecule has 0 radical (unpaired) electrons. The lowest BCUT2D eigenvalue weighted by Gasteiger charge is -2.18. The number of benzene rings is 2. The first kappa shape index (κ1) is 18.2. The molecule has 1 N–H and O–H groups in total. The van der Waals surface area contributed by atoms with Gasteiger partial charge in [-0.1, -0.05) is 0 Å². The zero-order chi connectivity index (χ0) is 19.5. The number of rotatable bonds is 5. The molecule has 0 unspecified atom stereocenters. The summed E-state index contributed by atoms with van der Waals surface area (Å²) in [5.41, 5.74) is 0.624. The highest BCUT2D eigenvalue weighted by Gasteiger charge is 2.14. The summed E-state index contributed by atoms with van der Waals surface area (Å²) in [6.45, 7) is 2.75. The quantitative estimate of drug-likeness (QED) is 0.657. The molecule has 0 bridgehead atoms. The molecule has 2 heterocycles. The van der Waals surface area contributed by atoms with Gasteiger partial charge in [0.15, 0.2) is 17.3 Å². The second-order valence-electron chi connectivity index (χ2n) is 5.94. The van der Waals surface area contributed by atoms with E-state index >= 15 is 0 Å². The van der Waals surface area contributed by atoms with Crippen LogP contribution in [0.3, 0.4) is 0 Å². The SMILES string of the molecule is Cc1nnnn1-c1ccc(F)c(NC(=O)CSc2ccc3c(c2)OCCO3)c1. The molecule has 0 saturated carbocycles. The Morgan fingerprint density at radius 1 is 1.21 bits per heavy atom. The second-order valence-corrected chi connectivity index (χ2v) is 6.99. The van der Waals surface area contributed by atoms with Gasteiger partial charge < -0.3 is 14.8 Å². The van der Waals surface area contributed by atoms with Crippen molar-refractivity contribution in [2.24, 2.45) is 0 Å². The van der Waals surface area contributed by atoms with Crippen molar-refractivity contribution in [2.45, 2.75) is 11.8 Å². The van der Waals surface area contributed by atoms with Crippen LogP contribution in [-0.2, 0) is 4.79 Å². The number of hydrogen-bond acceptors (Lipinski definition) is 7. The molecule has 28 heavy (non-hydrogen) atoms. The van der Waals surface area contributed by atoms with E-state index in [1.54, 1.807) is 6.92 Å². The van der Waals surface area contributed by atoms with Crippen LogP contribution >= 0.6 is 11.8 Å². The van der Waals surface area contributed by atoms with Gasteiger partial charge in [-0.25, -0.2) is 4.39 Å². The molecular weight excluding hydrogens is 385 g/mol. The Balaban J connectivity index is 1.42. The predicted octanol–water partition coefficient (Wildman–Crippen LogP) is 2.61. The summed E-state index contributed by atoms with van der Waals surface area (Å²) in [7, 11) is 0. The summed E-state index contributed by atoms with van der Waals surface area (Å²) in [6.07, 6.45) is 0. The van der Waals surface area contributed by atoms with Crippen molar-refractivity contribution in [3.63, 3.8) is 0 Å². The third-order valence-electron chi connectivity index (χ3n) is 3.98. The third-order valence-corrected chi connectivity index (χ3v) is 4.97. The molecule has 3 aromatic rings. The first-order valence-corrected chi connectivity index (χ1v) is 9.46. The van der Waals surface area contributed by atoms with Gasteiger partial charge in [0, 0.05) is 4.90 Å². The van der Waals surface area contributed by atoms with Gasteiger partial charge in [0.05, 0.1) is 17.1 Å². The molecule has 10 heteroatoms. The van der Waals surface area contributed by atoms with Crippen LogP contribution in [0.25, 0.3) is 5.69 Å². The third kappa shape index (κ3) is 3.91. The first-order chi connectivity index (χ1) is 13.6. The molecule has 144 valence electrons. The van der Waals surface area contributed by atoms with Crippen LogP contribution in [0.1, 0.15) is 5.82 Å². The average Bonchev–Trinajstić information content (AvgIpc) is 3.14. The number of halogens is 1. The standard InChI is InChI=1S/C18H16FN5O3S/c1-11-21-22-23-24(11)12-2-4-14(19)15(8-12)20-18(25)10-28-13-3-5-16-17(9-13)27-7-6-26-16/h2-5,8-9H,6-7,10H2,1H3,(H,20,25). The number of nitrogens with one attached hydrogen (secondary N) is 1. The minimum atomic E-state index is -0.535. The van der Waals surface area contributed by atoms with Gasteiger partial charge in [-0.05, 0) is 53.7 Å². The van der Waals surface area contributed by atoms with Gasteiger partial charge in [0.1, 0.15) is 19.0 Å². The second kappa shape index (κ2) is 7.85. The Kier molecular flexibility index (Phi) is 5.11. The predicted molar refractivity (Wildman–Crippen MR) is 101 cm³/mol. The monoisotopic (exact) mass is 401 g/mol. The minimum absolute atomic E-state index is 0.0696. The number of amides is 1. The van der Waals surface area contributed by atoms with Gasteiger partial charge in [0.25, 0.3) is 0 Å². The minimum Gasteiger partial charge on any atom is -0.486 e. The number of anilines is 1. The molecule has 1 amide bonds. The molecule has 1 aliphatic rings. The normalized spacial score (nSPS) is 12.6. The van der Waals surface area contributed by atoms with Crippen LogP contribution in [0.15, 0.2) is 41.3 Å². The van der Waals surface area contributed by atoms with Gasteiger partial charge in [0.2, 0.25) is 5.91 Å². The maximum Gasteiger partial charge on any atom is 0.234 e. The fourth-order valence-corrected chi connectivity index (χ4v) is 3.38. The smallest absolute Gasteiger partial charge is 0.234 e. The average molecular weight is 401 g/mol. The molecule has 1 aromatic heterocycles. The highest BCUT2D eigenvalue weighted by molar-refractivity contribution is 8.00. The number of aryl methyl sites for hydroxylation is 1. The van der Waals surface area contributed by atoms with E-state index in [1.165, 1.54) is 34.6 Å². The van der Waals surface area contributed by atoms with E-state index in [0.717, 1.165) is 4.90 Å². The number of tetrazole rings is 1. The summed E-state index contributed by atoms with van der Waals surface area (Å²) < 4.78 is 26.6. The van der Waals surface area contributed by atoms with E-state index in [4.69, 9.17) is 9.47 Å². The van der Waals surface area contributed by atoms with Crippen molar-refractivity contribution < 1.29 is 18.7 Å². The van der Waals surface area contributed by atoms with Crippen LogP contribution in [0.2, 0.25) is 0 Å². The highest BCUT2D eigenvalue weighted by atomic mass is 32.2. The lowest BCUT2D eigenvalue weighted by Crippen LogP contribution is -2.16. The van der Waals surface area contributed by atoms with Gasteiger partial charge in [-0.2, -0.15) is 4.68 Å². The molecule has 0 aliphatic carbocycles. The number of carbonyl (C=O) groups is 1. The van der Waals surface area contributed by atoms with Crippen LogP contribution in [-0.4, -0.2) is 45.1 Å². The zero-order valence-corrected chi connectivity index (χ0v) is 15.7. The molecule has 0 spiro atoms. The molecule has 0 atom stereocenters. The van der Waals surface area contributed by atoms with Crippen LogP contribution in [0.5, 0.6) is 11.5 Å². The fraction of sp³-hybridized carbons (Fsp3) is 0.222. The Labute approximate surface area is 164 Å². The Morgan fingerprint density at radius 2 is 2.04 bits per heavy atom. The van der Waals surface area contributed by atoms with E-state index in [0.29, 0.717) is 36.2 Å². The molecule has 4 rings (SSSR count). The Morgan fingerprint density at radius 3 is 2.82 bits per heavy atom. The van der Waals surface area contributed by atoms with E-state index in [1.807, 2.05) is 18.2 Å². The number of nitrogens with zero attached hydrogens (tertiary/aromatic N) is 4. The number of thioether (sulfide) groups is 1. The number of fused-ring (bicyclic) bond motifs is 1. The number of aromatic nitrogens is 4. The van der Waals surface area contributed by atoms with Crippen molar-refractivity contribution >= 4 is 23.4 Å². The summed E-state index contributed by atoms with van der Waals surface area (Å²) in [4.78, 5) is 13.1. The maximum atomic E-state index is 14.1. The number of hydrogen-bond donors (Lipinski definition) is 1. The first-order valence-electron chi connectivity index (χ1n) is 8.47. The summed E-state index contributed by atoms with van der Waals surface area (Å²) >= 11 is 1.32. The van der Waals surface area contributed by atoms with Crippen LogP contribution in [0.4, 0.5) is 10.1 Å². The summed E-state index contributed by atoms with van der Waals surface area (Å²) in [6, 6.07) is 9.79. The molecule has 0 fully saturated rings. The molecule has 2 aromatic carbocycles. The van der Waals surface area contributed by atoms with Gasteiger partial charge in [-0.15, -0.1) is 16.9 Å². The van der Waals surface area contributed by atoms with E-state index in [2.05, 4.69) is 20.8 Å². The lowest BCUT2D eigenvalue weighted by molar-refractivity contribution is -0.113. The van der Waals surface area contributed by atoms with Crippen molar-refractivity contribution in [1.29, 1.82) is 0 Å². The zero-order valence-electron chi connectivity index (χ0n) is 14.9. The fourth-order valence-electron chi connectivity index (χ4n) is 2.66. The molecule has 0 saturated heterocycles. The Bertz CT molecular complexity index is 1030. The maximum absolute atomic E-state index is 14.1. The topological polar surface area (TPSA) is 91.2 Å². The van der Waals surface area contributed by atoms with Crippen molar-refractivity contribution in [2.75, 3.05) is 24.3 Å². The summed E-state index contributed by atoms with van der Waals surface area (Å²) in [5, 5.41) is 13.8. The summed E-state index contributed by atoms with van der Waals surface area (Å²) in [5.74, 6) is 1.16. The van der Waals surface area contributed by atoms with Crippen LogP contribution < -0.4 is 14.8 Å². The van der Waals surface area contributed by atoms with E-state index < -0.39 is 5.82 Å². The Hall–Kier alpha value is -3.14. The number of ether oxygens (including phenoxy) is 2. The number of carbonyl (C=O) groups excluding carboxylic acids is 1. The van der Waals surface area contributed by atoms with Gasteiger partial charge in [-0.3, -0.25) is 4.79 Å².